The molecule has 0 aliphatic heterocycles. The minimum atomic E-state index is 0.139. The monoisotopic (exact) mass is 251 g/mol. The van der Waals surface area contributed by atoms with Gasteiger partial charge in [-0.05, 0) is 31.9 Å². The molecule has 0 heterocycles. The van der Waals surface area contributed by atoms with Gasteiger partial charge in [0.2, 0.25) is 0 Å². The molecule has 1 aromatic rings. The van der Waals surface area contributed by atoms with Crippen LogP contribution < -0.4 is 5.32 Å². The zero-order valence-electron chi connectivity index (χ0n) is 11.7. The Bertz CT molecular complexity index is 352. The fourth-order valence-corrected chi connectivity index (χ4v) is 1.83. The molecule has 0 fully saturated rings. The van der Waals surface area contributed by atoms with E-state index in [1.165, 1.54) is 6.42 Å². The van der Waals surface area contributed by atoms with Gasteiger partial charge in [0.25, 0.3) is 0 Å². The number of hydrogen-bond donors (Lipinski definition) is 2. The van der Waals surface area contributed by atoms with Crippen LogP contribution in [0.2, 0.25) is 0 Å². The zero-order valence-corrected chi connectivity index (χ0v) is 11.7. The van der Waals surface area contributed by atoms with E-state index in [2.05, 4.69) is 19.2 Å². The third-order valence-corrected chi connectivity index (χ3v) is 2.99. The summed E-state index contributed by atoms with van der Waals surface area (Å²) in [5.74, 6) is 0.363. The maximum atomic E-state index is 9.86. The summed E-state index contributed by atoms with van der Waals surface area (Å²) in [6, 6.07) is 5.93. The molecule has 3 nitrogen and oxygen atoms in total. The molecule has 0 aromatic heterocycles. The first-order valence-corrected chi connectivity index (χ1v) is 6.75. The summed E-state index contributed by atoms with van der Waals surface area (Å²) in [7, 11) is 0. The highest BCUT2D eigenvalue weighted by Crippen LogP contribution is 2.24. The first-order chi connectivity index (χ1) is 8.65. The molecule has 1 aromatic carbocycles. The Morgan fingerprint density at radius 1 is 1.33 bits per heavy atom. The first-order valence-electron chi connectivity index (χ1n) is 6.75. The van der Waals surface area contributed by atoms with E-state index in [1.54, 1.807) is 6.07 Å². The van der Waals surface area contributed by atoms with Crippen LogP contribution in [0.4, 0.5) is 0 Å². The van der Waals surface area contributed by atoms with E-state index < -0.39 is 0 Å². The van der Waals surface area contributed by atoms with Crippen molar-refractivity contribution in [3.8, 4) is 5.75 Å². The van der Waals surface area contributed by atoms with Gasteiger partial charge < -0.3 is 15.2 Å². The van der Waals surface area contributed by atoms with Crippen molar-refractivity contribution in [3.05, 3.63) is 29.3 Å². The lowest BCUT2D eigenvalue weighted by atomic mass is 10.1. The van der Waals surface area contributed by atoms with Crippen molar-refractivity contribution < 1.29 is 9.84 Å². The van der Waals surface area contributed by atoms with Crippen molar-refractivity contribution in [1.82, 2.24) is 5.32 Å². The van der Waals surface area contributed by atoms with Crippen molar-refractivity contribution in [1.29, 1.82) is 0 Å². The third-order valence-electron chi connectivity index (χ3n) is 2.99. The molecule has 102 valence electrons. The molecule has 1 unspecified atom stereocenters. The predicted molar refractivity (Wildman–Crippen MR) is 75.0 cm³/mol. The molecule has 1 rings (SSSR count). The number of unbranched alkanes of at least 4 members (excludes halogenated alkanes) is 1. The standard InChI is InChI=1S/C15H25NO2/c1-4-5-9-18-10-8-16-13(3)14-7-6-12(2)11-15(14)17/h6-7,11,13,16-17H,4-5,8-10H2,1-3H3. The number of aryl methyl sites for hydroxylation is 1. The molecule has 3 heteroatoms. The Morgan fingerprint density at radius 2 is 2.11 bits per heavy atom. The number of phenols is 1. The first kappa shape index (κ1) is 15.0. The molecule has 1 atom stereocenters. The van der Waals surface area contributed by atoms with Gasteiger partial charge >= 0.3 is 0 Å². The van der Waals surface area contributed by atoms with E-state index in [1.807, 2.05) is 19.1 Å². The quantitative estimate of drug-likeness (QED) is 0.697. The van der Waals surface area contributed by atoms with Gasteiger partial charge in [0.1, 0.15) is 5.75 Å². The van der Waals surface area contributed by atoms with Gasteiger partial charge in [-0.25, -0.2) is 0 Å². The highest BCUT2D eigenvalue weighted by molar-refractivity contribution is 5.37. The van der Waals surface area contributed by atoms with Gasteiger partial charge in [0.05, 0.1) is 6.61 Å². The Labute approximate surface area is 110 Å². The topological polar surface area (TPSA) is 41.5 Å². The Balaban J connectivity index is 2.29. The number of aromatic hydroxyl groups is 1. The average molecular weight is 251 g/mol. The summed E-state index contributed by atoms with van der Waals surface area (Å²) >= 11 is 0. The molecule has 0 amide bonds. The van der Waals surface area contributed by atoms with Crippen LogP contribution in [0.15, 0.2) is 18.2 Å². The Kier molecular flexibility index (Phi) is 6.76. The normalized spacial score (nSPS) is 12.6. The van der Waals surface area contributed by atoms with E-state index in [-0.39, 0.29) is 6.04 Å². The average Bonchev–Trinajstić information content (AvgIpc) is 2.33. The molecular formula is C15H25NO2. The van der Waals surface area contributed by atoms with Crippen molar-refractivity contribution in [2.75, 3.05) is 19.8 Å². The van der Waals surface area contributed by atoms with Gasteiger partial charge in [0.15, 0.2) is 0 Å². The lowest BCUT2D eigenvalue weighted by molar-refractivity contribution is 0.131. The van der Waals surface area contributed by atoms with Crippen LogP contribution in [-0.2, 0) is 4.74 Å². The van der Waals surface area contributed by atoms with Crippen LogP contribution in [0, 0.1) is 6.92 Å². The summed E-state index contributed by atoms with van der Waals surface area (Å²) in [6.07, 6.45) is 2.29. The van der Waals surface area contributed by atoms with Crippen LogP contribution in [0.3, 0.4) is 0 Å². The summed E-state index contributed by atoms with van der Waals surface area (Å²) in [4.78, 5) is 0. The number of benzene rings is 1. The van der Waals surface area contributed by atoms with Gasteiger partial charge in [-0.15, -0.1) is 0 Å². The van der Waals surface area contributed by atoms with E-state index in [0.29, 0.717) is 5.75 Å². The fraction of sp³-hybridized carbons (Fsp3) is 0.600. The van der Waals surface area contributed by atoms with Crippen molar-refractivity contribution in [2.45, 2.75) is 39.7 Å². The third kappa shape index (κ3) is 5.07. The molecule has 0 bridgehead atoms. The number of hydrogen-bond acceptors (Lipinski definition) is 3. The Morgan fingerprint density at radius 3 is 2.78 bits per heavy atom. The number of nitrogens with one attached hydrogen (secondary N) is 1. The lowest BCUT2D eigenvalue weighted by Crippen LogP contribution is -2.23. The molecule has 0 aliphatic rings. The number of ether oxygens (including phenoxy) is 1. The molecule has 0 saturated heterocycles. The largest absolute Gasteiger partial charge is 0.508 e. The van der Waals surface area contributed by atoms with Crippen molar-refractivity contribution in [3.63, 3.8) is 0 Å². The van der Waals surface area contributed by atoms with Crippen LogP contribution in [0.5, 0.6) is 5.75 Å². The molecule has 18 heavy (non-hydrogen) atoms. The Hall–Kier alpha value is -1.06. The van der Waals surface area contributed by atoms with Gasteiger partial charge in [-0.3, -0.25) is 0 Å². The summed E-state index contributed by atoms with van der Waals surface area (Å²) < 4.78 is 5.48. The maximum absolute atomic E-state index is 9.86. The minimum absolute atomic E-state index is 0.139. The molecular weight excluding hydrogens is 226 g/mol. The van der Waals surface area contributed by atoms with Gasteiger partial charge in [-0.1, -0.05) is 25.5 Å². The second-order valence-corrected chi connectivity index (χ2v) is 4.70. The van der Waals surface area contributed by atoms with E-state index in [9.17, 15) is 5.11 Å². The second kappa shape index (κ2) is 8.11. The molecule has 0 saturated carbocycles. The van der Waals surface area contributed by atoms with E-state index in [4.69, 9.17) is 4.74 Å². The van der Waals surface area contributed by atoms with Crippen LogP contribution in [0.1, 0.15) is 43.9 Å². The molecule has 2 N–H and O–H groups in total. The molecule has 0 radical (unpaired) electrons. The molecule has 0 spiro atoms. The zero-order chi connectivity index (χ0) is 13.4. The molecule has 0 aliphatic carbocycles. The number of rotatable bonds is 8. The smallest absolute Gasteiger partial charge is 0.120 e. The summed E-state index contributed by atoms with van der Waals surface area (Å²) in [5, 5.41) is 13.2. The van der Waals surface area contributed by atoms with Gasteiger partial charge in [-0.2, -0.15) is 0 Å². The van der Waals surface area contributed by atoms with Gasteiger partial charge in [0, 0.05) is 24.8 Å². The van der Waals surface area contributed by atoms with E-state index in [0.717, 1.165) is 37.3 Å². The lowest BCUT2D eigenvalue weighted by Gasteiger charge is -2.16. The van der Waals surface area contributed by atoms with Crippen LogP contribution >= 0.6 is 0 Å². The summed E-state index contributed by atoms with van der Waals surface area (Å²) in [6.45, 7) is 8.54. The van der Waals surface area contributed by atoms with Crippen LogP contribution in [-0.4, -0.2) is 24.9 Å². The number of phenolic OH excluding ortho intramolecular Hbond substituents is 1. The highest BCUT2D eigenvalue weighted by Gasteiger charge is 2.09. The second-order valence-electron chi connectivity index (χ2n) is 4.70. The van der Waals surface area contributed by atoms with Crippen molar-refractivity contribution in [2.24, 2.45) is 0 Å². The minimum Gasteiger partial charge on any atom is -0.508 e. The summed E-state index contributed by atoms with van der Waals surface area (Å²) in [5.41, 5.74) is 2.01. The van der Waals surface area contributed by atoms with Crippen molar-refractivity contribution >= 4 is 0 Å². The maximum Gasteiger partial charge on any atom is 0.120 e. The fourth-order valence-electron chi connectivity index (χ4n) is 1.83. The van der Waals surface area contributed by atoms with E-state index >= 15 is 0 Å². The predicted octanol–water partition coefficient (Wildman–Crippen LogP) is 3.17. The SMILES string of the molecule is CCCCOCCNC(C)c1ccc(C)cc1O. The van der Waals surface area contributed by atoms with Crippen LogP contribution in [0.25, 0.3) is 0 Å². The highest BCUT2D eigenvalue weighted by atomic mass is 16.5.